The zero-order chi connectivity index (χ0) is 15.6. The average Bonchev–Trinajstić information content (AvgIpc) is 2.34. The van der Waals surface area contributed by atoms with Gasteiger partial charge in [-0.1, -0.05) is 0 Å². The van der Waals surface area contributed by atoms with Crippen LogP contribution in [0.3, 0.4) is 0 Å². The number of hydrogen-bond donors (Lipinski definition) is 2. The molecular formula is C8H7F5N4O3. The van der Waals surface area contributed by atoms with E-state index in [1.165, 1.54) is 0 Å². The Morgan fingerprint density at radius 1 is 1.35 bits per heavy atom. The van der Waals surface area contributed by atoms with Crippen LogP contribution < -0.4 is 16.0 Å². The van der Waals surface area contributed by atoms with Crippen LogP contribution in [0.4, 0.5) is 33.5 Å². The maximum atomic E-state index is 12.6. The van der Waals surface area contributed by atoms with E-state index in [4.69, 9.17) is 5.84 Å². The largest absolute Gasteiger partial charge is 0.471 e. The molecule has 1 aromatic heterocycles. The highest BCUT2D eigenvalue weighted by Gasteiger charge is 2.58. The zero-order valence-corrected chi connectivity index (χ0v) is 9.45. The second-order valence-corrected chi connectivity index (χ2v) is 3.44. The van der Waals surface area contributed by atoms with E-state index < -0.39 is 35.2 Å². The van der Waals surface area contributed by atoms with Crippen LogP contribution in [0.25, 0.3) is 0 Å². The van der Waals surface area contributed by atoms with Crippen LogP contribution in [0.15, 0.2) is 12.1 Å². The number of halogens is 5. The Kier molecular flexibility index (Phi) is 4.27. The zero-order valence-electron chi connectivity index (χ0n) is 9.45. The van der Waals surface area contributed by atoms with Crippen molar-refractivity contribution in [1.82, 2.24) is 4.98 Å². The number of ether oxygens (including phenoxy) is 1. The first-order valence-electron chi connectivity index (χ1n) is 4.77. The number of nitro groups is 1. The SMILES string of the molecule is NNc1cc([N+](=O)[O-])cc(OCC(F)(F)C(F)(F)F)n1. The fourth-order valence-electron chi connectivity index (χ4n) is 0.991. The van der Waals surface area contributed by atoms with Gasteiger partial charge in [0.2, 0.25) is 5.88 Å². The van der Waals surface area contributed by atoms with E-state index in [2.05, 4.69) is 9.72 Å². The summed E-state index contributed by atoms with van der Waals surface area (Å²) in [6.07, 6.45) is -5.80. The summed E-state index contributed by atoms with van der Waals surface area (Å²) in [6.45, 7) is -2.06. The van der Waals surface area contributed by atoms with Crippen LogP contribution >= 0.6 is 0 Å². The molecule has 0 aromatic carbocycles. The number of nitrogens with zero attached hydrogens (tertiary/aromatic N) is 2. The van der Waals surface area contributed by atoms with Gasteiger partial charge < -0.3 is 10.2 Å². The van der Waals surface area contributed by atoms with Crippen molar-refractivity contribution >= 4 is 11.5 Å². The number of rotatable bonds is 5. The maximum Gasteiger partial charge on any atom is 0.456 e. The van der Waals surface area contributed by atoms with Crippen LogP contribution in [0.1, 0.15) is 0 Å². The number of pyridine rings is 1. The van der Waals surface area contributed by atoms with Gasteiger partial charge in [-0.05, 0) is 0 Å². The summed E-state index contributed by atoms with van der Waals surface area (Å²) in [6, 6.07) is 1.43. The third-order valence-electron chi connectivity index (χ3n) is 1.96. The fraction of sp³-hybridized carbons (Fsp3) is 0.375. The number of nitrogens with two attached hydrogens (primary N) is 1. The summed E-state index contributed by atoms with van der Waals surface area (Å²) in [5.74, 6) is -1.32. The molecule has 7 nitrogen and oxygen atoms in total. The molecule has 0 spiro atoms. The van der Waals surface area contributed by atoms with E-state index in [0.717, 1.165) is 6.07 Å². The molecule has 0 saturated heterocycles. The molecule has 112 valence electrons. The van der Waals surface area contributed by atoms with E-state index in [-0.39, 0.29) is 5.82 Å². The first-order chi connectivity index (χ1) is 9.06. The molecule has 0 aliphatic heterocycles. The van der Waals surface area contributed by atoms with Crippen LogP contribution in [-0.4, -0.2) is 28.6 Å². The number of alkyl halides is 5. The van der Waals surface area contributed by atoms with Crippen LogP contribution in [-0.2, 0) is 0 Å². The Labute approximate surface area is 107 Å². The average molecular weight is 302 g/mol. The van der Waals surface area contributed by atoms with Gasteiger partial charge in [0.1, 0.15) is 0 Å². The van der Waals surface area contributed by atoms with E-state index in [0.29, 0.717) is 6.07 Å². The predicted molar refractivity (Wildman–Crippen MR) is 55.2 cm³/mol. The van der Waals surface area contributed by atoms with E-state index in [1.54, 1.807) is 0 Å². The number of anilines is 1. The van der Waals surface area contributed by atoms with Gasteiger partial charge in [-0.15, -0.1) is 0 Å². The Hall–Kier alpha value is -2.24. The molecule has 1 rings (SSSR count). The molecule has 3 N–H and O–H groups in total. The molecular weight excluding hydrogens is 295 g/mol. The van der Waals surface area contributed by atoms with Crippen molar-refractivity contribution in [3.8, 4) is 5.88 Å². The molecule has 0 radical (unpaired) electrons. The minimum absolute atomic E-state index is 0.329. The predicted octanol–water partition coefficient (Wildman–Crippen LogP) is 1.85. The van der Waals surface area contributed by atoms with E-state index in [9.17, 15) is 32.1 Å². The number of nitrogen functional groups attached to an aromatic ring is 1. The van der Waals surface area contributed by atoms with Gasteiger partial charge in [0.15, 0.2) is 12.4 Å². The van der Waals surface area contributed by atoms with Gasteiger partial charge >= 0.3 is 12.1 Å². The summed E-state index contributed by atoms with van der Waals surface area (Å²) >= 11 is 0. The number of aromatic nitrogens is 1. The molecule has 0 bridgehead atoms. The third-order valence-corrected chi connectivity index (χ3v) is 1.96. The first-order valence-corrected chi connectivity index (χ1v) is 4.77. The minimum atomic E-state index is -5.80. The van der Waals surface area contributed by atoms with Crippen molar-refractivity contribution in [3.05, 3.63) is 22.2 Å². The first kappa shape index (κ1) is 15.8. The van der Waals surface area contributed by atoms with Gasteiger partial charge in [0.25, 0.3) is 5.69 Å². The lowest BCUT2D eigenvalue weighted by atomic mass is 10.3. The molecule has 0 saturated carbocycles. The third kappa shape index (κ3) is 3.63. The highest BCUT2D eigenvalue weighted by atomic mass is 19.4. The maximum absolute atomic E-state index is 12.6. The van der Waals surface area contributed by atoms with E-state index >= 15 is 0 Å². The molecule has 12 heteroatoms. The van der Waals surface area contributed by atoms with Gasteiger partial charge in [-0.3, -0.25) is 10.1 Å². The molecule has 1 aromatic rings. The lowest BCUT2D eigenvalue weighted by Gasteiger charge is -2.19. The summed E-state index contributed by atoms with van der Waals surface area (Å²) in [7, 11) is 0. The lowest BCUT2D eigenvalue weighted by Crippen LogP contribution is -2.41. The molecule has 0 atom stereocenters. The minimum Gasteiger partial charge on any atom is -0.471 e. The Morgan fingerprint density at radius 2 is 1.95 bits per heavy atom. The van der Waals surface area contributed by atoms with Crippen LogP contribution in [0.5, 0.6) is 5.88 Å². The summed E-state index contributed by atoms with van der Waals surface area (Å²) in [4.78, 5) is 12.9. The Bertz CT molecular complexity index is 507. The normalized spacial score (nSPS) is 12.1. The number of hydrogen-bond acceptors (Lipinski definition) is 6. The Balaban J connectivity index is 2.93. The van der Waals surface area contributed by atoms with Crippen molar-refractivity contribution in [1.29, 1.82) is 0 Å². The smallest absolute Gasteiger partial charge is 0.456 e. The fourth-order valence-corrected chi connectivity index (χ4v) is 0.991. The molecule has 0 aliphatic rings. The molecule has 0 fully saturated rings. The van der Waals surface area contributed by atoms with Gasteiger partial charge in [-0.2, -0.15) is 26.9 Å². The summed E-state index contributed by atoms with van der Waals surface area (Å²) in [5, 5.41) is 10.5. The number of nitrogens with one attached hydrogen (secondary N) is 1. The molecule has 20 heavy (non-hydrogen) atoms. The van der Waals surface area contributed by atoms with E-state index in [1.807, 2.05) is 5.43 Å². The lowest BCUT2D eigenvalue weighted by molar-refractivity contribution is -0.385. The van der Waals surface area contributed by atoms with Crippen molar-refractivity contribution in [2.45, 2.75) is 12.1 Å². The van der Waals surface area contributed by atoms with Crippen LogP contribution in [0, 0.1) is 10.1 Å². The van der Waals surface area contributed by atoms with Gasteiger partial charge in [0, 0.05) is 0 Å². The van der Waals surface area contributed by atoms with Crippen molar-refractivity contribution < 1.29 is 31.6 Å². The molecule has 0 unspecified atom stereocenters. The van der Waals surface area contributed by atoms with Crippen molar-refractivity contribution in [2.24, 2.45) is 5.84 Å². The van der Waals surface area contributed by atoms with Gasteiger partial charge in [0.05, 0.1) is 17.1 Å². The highest BCUT2D eigenvalue weighted by molar-refractivity contribution is 5.47. The van der Waals surface area contributed by atoms with Crippen LogP contribution in [0.2, 0.25) is 0 Å². The topological polar surface area (TPSA) is 103 Å². The standard InChI is InChI=1S/C8H7F5N4O3/c9-7(10,8(11,12)13)3-20-6-2-4(17(18)19)1-5(15-6)16-14/h1-2H,3,14H2,(H,15,16). The second-order valence-electron chi connectivity index (χ2n) is 3.44. The van der Waals surface area contributed by atoms with Gasteiger partial charge in [-0.25, -0.2) is 5.84 Å². The molecule has 0 aliphatic carbocycles. The molecule has 1 heterocycles. The van der Waals surface area contributed by atoms with Crippen molar-refractivity contribution in [2.75, 3.05) is 12.0 Å². The second kappa shape index (κ2) is 5.40. The summed E-state index contributed by atoms with van der Waals surface area (Å²) < 4.78 is 65.1. The monoisotopic (exact) mass is 302 g/mol. The molecule has 0 amide bonds. The van der Waals surface area contributed by atoms with Crippen molar-refractivity contribution in [3.63, 3.8) is 0 Å². The summed E-state index contributed by atoms with van der Waals surface area (Å²) in [5.41, 5.74) is 1.24. The Morgan fingerprint density at radius 3 is 2.40 bits per heavy atom. The quantitative estimate of drug-likeness (QED) is 0.372. The highest BCUT2D eigenvalue weighted by Crippen LogP contribution is 2.35. The number of hydrazine groups is 1.